The van der Waals surface area contributed by atoms with Gasteiger partial charge < -0.3 is 4.74 Å². The smallest absolute Gasteiger partial charge is 0.432 e. The number of unbranched alkanes of at least 4 members (excludes halogenated alkanes) is 2. The Balaban J connectivity index is 5.05. The molecule has 0 bridgehead atoms. The number of esters is 1. The number of hydrogen-bond donors (Lipinski definition) is 0. The molecule has 0 aromatic rings. The average Bonchev–Trinajstić information content (AvgIpc) is 2.68. The third-order valence-corrected chi connectivity index (χ3v) is 6.41. The average molecular weight is 435 g/mol. The summed E-state index contributed by atoms with van der Waals surface area (Å²) in [6, 6.07) is 0. The van der Waals surface area contributed by atoms with Crippen molar-refractivity contribution >= 4 is 13.8 Å². The molecule has 0 rings (SSSR count). The lowest BCUT2D eigenvalue weighted by atomic mass is 10.0. The molecule has 0 radical (unpaired) electrons. The summed E-state index contributed by atoms with van der Waals surface area (Å²) in [6.07, 6.45) is 7.18. The third kappa shape index (κ3) is 13.3. The molecule has 7 heteroatoms. The highest BCUT2D eigenvalue weighted by Crippen LogP contribution is 2.52. The molecule has 0 spiro atoms. The van der Waals surface area contributed by atoms with Gasteiger partial charge in [-0.1, -0.05) is 72.8 Å². The Bertz CT molecular complexity index is 484. The van der Waals surface area contributed by atoms with E-state index in [0.717, 1.165) is 51.4 Å². The van der Waals surface area contributed by atoms with Gasteiger partial charge in [-0.2, -0.15) is 0 Å². The van der Waals surface area contributed by atoms with Crippen molar-refractivity contribution in [3.63, 3.8) is 0 Å². The molecule has 3 atom stereocenters. The van der Waals surface area contributed by atoms with Gasteiger partial charge in [0.25, 0.3) is 0 Å². The molecule has 0 amide bonds. The molecule has 0 aliphatic heterocycles. The summed E-state index contributed by atoms with van der Waals surface area (Å²) in [5.41, 5.74) is 0.244. The van der Waals surface area contributed by atoms with Crippen LogP contribution >= 0.6 is 7.82 Å². The number of carbonyl (C=O) groups excluding carboxylic acids is 1. The molecular weight excluding hydrogens is 391 g/mol. The minimum absolute atomic E-state index is 0.244. The van der Waals surface area contributed by atoms with Gasteiger partial charge in [0.05, 0.1) is 13.2 Å². The molecule has 3 unspecified atom stereocenters. The zero-order chi connectivity index (χ0) is 22.3. The predicted molar refractivity (Wildman–Crippen MR) is 118 cm³/mol. The summed E-state index contributed by atoms with van der Waals surface area (Å²) >= 11 is 0. The number of hydrogen-bond acceptors (Lipinski definition) is 6. The third-order valence-electron chi connectivity index (χ3n) is 4.92. The van der Waals surface area contributed by atoms with Gasteiger partial charge in [-0.25, -0.2) is 13.9 Å². The Kier molecular flexibility index (Phi) is 15.7. The molecular formula is C22H43O6P. The lowest BCUT2D eigenvalue weighted by Crippen LogP contribution is -2.20. The van der Waals surface area contributed by atoms with Crippen LogP contribution in [0.15, 0.2) is 12.2 Å². The largest absolute Gasteiger partial charge is 0.477 e. The van der Waals surface area contributed by atoms with Crippen molar-refractivity contribution in [3.8, 4) is 0 Å². The van der Waals surface area contributed by atoms with Crippen LogP contribution in [0.3, 0.4) is 0 Å². The number of phosphoric acid groups is 1. The Morgan fingerprint density at radius 2 is 1.38 bits per heavy atom. The SMILES string of the molecule is C=C(C)C(=O)OC(C)OP(=O)(OCC(CC)CCCC)OCC(CC)CCCC. The highest BCUT2D eigenvalue weighted by Gasteiger charge is 2.33. The van der Waals surface area contributed by atoms with E-state index in [1.165, 1.54) is 6.92 Å². The molecule has 0 aliphatic carbocycles. The Labute approximate surface area is 178 Å². The van der Waals surface area contributed by atoms with Gasteiger partial charge in [-0.3, -0.25) is 9.05 Å². The van der Waals surface area contributed by atoms with E-state index in [0.29, 0.717) is 13.2 Å². The second kappa shape index (κ2) is 16.1. The first-order valence-electron chi connectivity index (χ1n) is 11.1. The van der Waals surface area contributed by atoms with Crippen LogP contribution in [0.25, 0.3) is 0 Å². The molecule has 0 aromatic heterocycles. The fourth-order valence-electron chi connectivity index (χ4n) is 2.74. The topological polar surface area (TPSA) is 71.1 Å². The normalized spacial score (nSPS) is 16.6. The van der Waals surface area contributed by atoms with E-state index < -0.39 is 20.1 Å². The lowest BCUT2D eigenvalue weighted by Gasteiger charge is -2.25. The van der Waals surface area contributed by atoms with Crippen molar-refractivity contribution in [1.82, 2.24) is 0 Å². The summed E-state index contributed by atoms with van der Waals surface area (Å²) in [7, 11) is -3.87. The fraction of sp³-hybridized carbons (Fsp3) is 0.864. The molecule has 6 nitrogen and oxygen atoms in total. The lowest BCUT2D eigenvalue weighted by molar-refractivity contribution is -0.158. The monoisotopic (exact) mass is 434 g/mol. The summed E-state index contributed by atoms with van der Waals surface area (Å²) in [5.74, 6) is -0.0376. The molecule has 0 heterocycles. The van der Waals surface area contributed by atoms with Crippen LogP contribution < -0.4 is 0 Å². The Morgan fingerprint density at radius 1 is 0.931 bits per heavy atom. The number of ether oxygens (including phenoxy) is 1. The first kappa shape index (κ1) is 28.3. The van der Waals surface area contributed by atoms with Crippen molar-refractivity contribution in [2.75, 3.05) is 13.2 Å². The maximum Gasteiger partial charge on any atom is 0.477 e. The minimum Gasteiger partial charge on any atom is -0.432 e. The van der Waals surface area contributed by atoms with Gasteiger partial charge in [-0.05, 0) is 38.5 Å². The maximum absolute atomic E-state index is 13.3. The quantitative estimate of drug-likeness (QED) is 0.0997. The highest BCUT2D eigenvalue weighted by atomic mass is 31.2. The molecule has 29 heavy (non-hydrogen) atoms. The zero-order valence-electron chi connectivity index (χ0n) is 19.4. The minimum atomic E-state index is -3.87. The standard InChI is InChI=1S/C22H43O6P/c1-8-12-14-20(10-3)16-25-29(24,26-17-21(11-4)15-13-9-2)28-19(7)27-22(23)18(5)6/h19-21H,5,8-17H2,1-4,6-7H3. The molecule has 0 N–H and O–H groups in total. The first-order chi connectivity index (χ1) is 13.7. The van der Waals surface area contributed by atoms with Crippen LogP contribution in [0.1, 0.15) is 92.9 Å². The van der Waals surface area contributed by atoms with Gasteiger partial charge in [-0.15, -0.1) is 0 Å². The van der Waals surface area contributed by atoms with E-state index in [9.17, 15) is 9.36 Å². The van der Waals surface area contributed by atoms with Crippen molar-refractivity contribution < 1.29 is 27.7 Å². The van der Waals surface area contributed by atoms with Crippen molar-refractivity contribution in [2.24, 2.45) is 11.8 Å². The number of rotatable bonds is 18. The Morgan fingerprint density at radius 3 is 1.72 bits per heavy atom. The van der Waals surface area contributed by atoms with E-state index in [1.54, 1.807) is 6.92 Å². The van der Waals surface area contributed by atoms with Crippen LogP contribution in [0, 0.1) is 11.8 Å². The van der Waals surface area contributed by atoms with Crippen LogP contribution in [0.2, 0.25) is 0 Å². The van der Waals surface area contributed by atoms with E-state index in [4.69, 9.17) is 18.3 Å². The van der Waals surface area contributed by atoms with E-state index >= 15 is 0 Å². The molecule has 0 saturated carbocycles. The molecule has 0 aromatic carbocycles. The van der Waals surface area contributed by atoms with Crippen molar-refractivity contribution in [3.05, 3.63) is 12.2 Å². The van der Waals surface area contributed by atoms with Gasteiger partial charge in [0, 0.05) is 5.57 Å². The summed E-state index contributed by atoms with van der Waals surface area (Å²) < 4.78 is 35.3. The molecule has 172 valence electrons. The van der Waals surface area contributed by atoms with Crippen molar-refractivity contribution in [2.45, 2.75) is 99.2 Å². The summed E-state index contributed by atoms with van der Waals surface area (Å²) in [4.78, 5) is 11.7. The fourth-order valence-corrected chi connectivity index (χ4v) is 4.13. The van der Waals surface area contributed by atoms with E-state index in [2.05, 4.69) is 34.3 Å². The highest BCUT2D eigenvalue weighted by molar-refractivity contribution is 7.48. The van der Waals surface area contributed by atoms with Gasteiger partial charge in [0.2, 0.25) is 6.29 Å². The number of phosphoric ester groups is 1. The predicted octanol–water partition coefficient (Wildman–Crippen LogP) is 7.04. The van der Waals surface area contributed by atoms with Crippen LogP contribution in [-0.2, 0) is 27.7 Å². The maximum atomic E-state index is 13.3. The van der Waals surface area contributed by atoms with Crippen LogP contribution in [-0.4, -0.2) is 25.5 Å². The summed E-state index contributed by atoms with van der Waals surface area (Å²) in [6.45, 7) is 15.6. The van der Waals surface area contributed by atoms with Gasteiger partial charge in [0.1, 0.15) is 0 Å². The Hall–Kier alpha value is -0.680. The van der Waals surface area contributed by atoms with Crippen LogP contribution in [0.5, 0.6) is 0 Å². The van der Waals surface area contributed by atoms with E-state index in [1.807, 2.05) is 0 Å². The zero-order valence-corrected chi connectivity index (χ0v) is 20.3. The van der Waals surface area contributed by atoms with Crippen molar-refractivity contribution in [1.29, 1.82) is 0 Å². The first-order valence-corrected chi connectivity index (χ1v) is 12.6. The second-order valence-corrected chi connectivity index (χ2v) is 9.35. The molecule has 0 fully saturated rings. The van der Waals surface area contributed by atoms with Gasteiger partial charge in [0.15, 0.2) is 0 Å². The second-order valence-electron chi connectivity index (χ2n) is 7.73. The van der Waals surface area contributed by atoms with Gasteiger partial charge >= 0.3 is 13.8 Å². The van der Waals surface area contributed by atoms with E-state index in [-0.39, 0.29) is 17.4 Å². The van der Waals surface area contributed by atoms with Crippen LogP contribution in [0.4, 0.5) is 0 Å². The summed E-state index contributed by atoms with van der Waals surface area (Å²) in [5, 5.41) is 0. The number of carbonyl (C=O) groups is 1. The molecule has 0 saturated heterocycles. The molecule has 0 aliphatic rings.